The van der Waals surface area contributed by atoms with Crippen LogP contribution in [0.5, 0.6) is 0 Å². The molecule has 1 aromatic heterocycles. The number of hydrogen-bond donors (Lipinski definition) is 3. The van der Waals surface area contributed by atoms with Crippen LogP contribution in [0.1, 0.15) is 0 Å². The number of benzene rings is 1. The van der Waals surface area contributed by atoms with E-state index in [1.165, 1.54) is 0 Å². The fourth-order valence-corrected chi connectivity index (χ4v) is 1.48. The quantitative estimate of drug-likeness (QED) is 0.322. The van der Waals surface area contributed by atoms with Gasteiger partial charge in [0, 0.05) is 18.1 Å². The first-order valence-electron chi connectivity index (χ1n) is 5.69. The van der Waals surface area contributed by atoms with Crippen LogP contribution in [0.4, 0.5) is 5.69 Å². The molecule has 94 valence electrons. The Morgan fingerprint density at radius 3 is 2.78 bits per heavy atom. The lowest BCUT2D eigenvalue weighted by molar-refractivity contribution is 0.624. The van der Waals surface area contributed by atoms with E-state index in [-0.39, 0.29) is 0 Å². The molecule has 6 heteroatoms. The van der Waals surface area contributed by atoms with Crippen LogP contribution in [0.2, 0.25) is 0 Å². The van der Waals surface area contributed by atoms with Crippen molar-refractivity contribution in [1.82, 2.24) is 15.2 Å². The van der Waals surface area contributed by atoms with Crippen molar-refractivity contribution in [2.24, 2.45) is 10.8 Å². The van der Waals surface area contributed by atoms with E-state index in [2.05, 4.69) is 20.8 Å². The molecule has 0 radical (unpaired) electrons. The Labute approximate surface area is 105 Å². The number of rotatable bonds is 4. The molecule has 2 aromatic rings. The number of aliphatic imine (C=N–C) groups is 1. The Morgan fingerprint density at radius 1 is 1.28 bits per heavy atom. The molecule has 0 aliphatic carbocycles. The van der Waals surface area contributed by atoms with Gasteiger partial charge in [-0.05, 0) is 18.2 Å². The zero-order valence-electron chi connectivity index (χ0n) is 9.95. The topological polar surface area (TPSA) is 80.3 Å². The van der Waals surface area contributed by atoms with E-state index in [1.54, 1.807) is 6.20 Å². The molecule has 1 aromatic carbocycles. The lowest BCUT2D eigenvalue weighted by Crippen LogP contribution is -2.36. The van der Waals surface area contributed by atoms with Gasteiger partial charge in [0.05, 0.1) is 13.1 Å². The van der Waals surface area contributed by atoms with Gasteiger partial charge in [0.15, 0.2) is 0 Å². The summed E-state index contributed by atoms with van der Waals surface area (Å²) in [5.41, 5.74) is 3.48. The Hall–Kier alpha value is -2.34. The summed E-state index contributed by atoms with van der Waals surface area (Å²) in [5.74, 6) is 5.95. The first kappa shape index (κ1) is 12.1. The van der Waals surface area contributed by atoms with Crippen molar-refractivity contribution in [3.8, 4) is 0 Å². The van der Waals surface area contributed by atoms with Crippen molar-refractivity contribution in [2.45, 2.75) is 6.54 Å². The highest BCUT2D eigenvalue weighted by molar-refractivity contribution is 5.93. The molecule has 0 amide bonds. The van der Waals surface area contributed by atoms with Crippen molar-refractivity contribution in [3.63, 3.8) is 0 Å². The first-order valence-corrected chi connectivity index (χ1v) is 5.69. The second-order valence-electron chi connectivity index (χ2n) is 3.63. The van der Waals surface area contributed by atoms with Crippen molar-refractivity contribution < 1.29 is 0 Å². The zero-order valence-corrected chi connectivity index (χ0v) is 9.95. The average Bonchev–Trinajstić information content (AvgIpc) is 2.92. The first-order chi connectivity index (χ1) is 8.88. The Morgan fingerprint density at radius 2 is 2.11 bits per heavy atom. The Bertz CT molecular complexity index is 477. The minimum absolute atomic E-state index is 0.536. The van der Waals surface area contributed by atoms with Crippen molar-refractivity contribution in [1.29, 1.82) is 0 Å². The monoisotopic (exact) mass is 244 g/mol. The zero-order chi connectivity index (χ0) is 12.6. The van der Waals surface area contributed by atoms with Gasteiger partial charge in [-0.15, -0.1) is 0 Å². The van der Waals surface area contributed by atoms with Crippen LogP contribution in [0.3, 0.4) is 0 Å². The third-order valence-corrected chi connectivity index (χ3v) is 2.33. The van der Waals surface area contributed by atoms with Gasteiger partial charge >= 0.3 is 0 Å². The summed E-state index contributed by atoms with van der Waals surface area (Å²) in [5, 5.41) is 7.19. The predicted octanol–water partition coefficient (Wildman–Crippen LogP) is 0.814. The molecular weight excluding hydrogens is 228 g/mol. The van der Waals surface area contributed by atoms with Crippen LogP contribution in [-0.4, -0.2) is 22.3 Å². The molecule has 18 heavy (non-hydrogen) atoms. The van der Waals surface area contributed by atoms with Gasteiger partial charge in [-0.25, -0.2) is 10.8 Å². The molecule has 1 heterocycles. The average molecular weight is 244 g/mol. The minimum atomic E-state index is 0.536. The van der Waals surface area contributed by atoms with Crippen LogP contribution in [0.15, 0.2) is 53.8 Å². The second kappa shape index (κ2) is 6.41. The van der Waals surface area contributed by atoms with Gasteiger partial charge in [0.1, 0.15) is 0 Å². The lowest BCUT2D eigenvalue weighted by Gasteiger charge is -2.08. The highest BCUT2D eigenvalue weighted by Gasteiger charge is 1.96. The second-order valence-corrected chi connectivity index (χ2v) is 3.63. The largest absolute Gasteiger partial charge is 0.325 e. The maximum absolute atomic E-state index is 5.41. The number of hydrogen-bond acceptors (Lipinski definition) is 3. The lowest BCUT2D eigenvalue weighted by atomic mass is 10.3. The minimum Gasteiger partial charge on any atom is -0.325 e. The van der Waals surface area contributed by atoms with E-state index in [1.807, 2.05) is 47.3 Å². The van der Waals surface area contributed by atoms with E-state index in [0.717, 1.165) is 5.69 Å². The van der Waals surface area contributed by atoms with E-state index in [9.17, 15) is 0 Å². The Balaban J connectivity index is 1.88. The summed E-state index contributed by atoms with van der Waals surface area (Å²) >= 11 is 0. The molecular formula is C12H16N6. The summed E-state index contributed by atoms with van der Waals surface area (Å²) in [6.45, 7) is 1.32. The number of para-hydroxylation sites is 1. The Kier molecular flexibility index (Phi) is 4.32. The molecule has 0 aliphatic heterocycles. The predicted molar refractivity (Wildman–Crippen MR) is 71.9 cm³/mol. The highest BCUT2D eigenvalue weighted by atomic mass is 15.3. The van der Waals surface area contributed by atoms with Crippen LogP contribution in [0, 0.1) is 0 Å². The van der Waals surface area contributed by atoms with Gasteiger partial charge in [0.2, 0.25) is 5.96 Å². The molecule has 6 nitrogen and oxygen atoms in total. The third-order valence-electron chi connectivity index (χ3n) is 2.33. The molecule has 0 spiro atoms. The van der Waals surface area contributed by atoms with Gasteiger partial charge < -0.3 is 5.32 Å². The summed E-state index contributed by atoms with van der Waals surface area (Å²) < 4.78 is 1.82. The van der Waals surface area contributed by atoms with Crippen molar-refractivity contribution in [2.75, 3.05) is 11.9 Å². The van der Waals surface area contributed by atoms with Gasteiger partial charge in [-0.1, -0.05) is 18.2 Å². The van der Waals surface area contributed by atoms with Crippen molar-refractivity contribution in [3.05, 3.63) is 48.8 Å². The molecule has 0 fully saturated rings. The van der Waals surface area contributed by atoms with E-state index >= 15 is 0 Å². The number of anilines is 1. The molecule has 0 saturated carbocycles. The van der Waals surface area contributed by atoms with Gasteiger partial charge in [-0.2, -0.15) is 5.10 Å². The summed E-state index contributed by atoms with van der Waals surface area (Å²) in [6.07, 6.45) is 3.64. The third kappa shape index (κ3) is 3.60. The van der Waals surface area contributed by atoms with E-state index in [0.29, 0.717) is 19.0 Å². The molecule has 0 unspecified atom stereocenters. The molecule has 0 bridgehead atoms. The van der Waals surface area contributed by atoms with E-state index in [4.69, 9.17) is 5.84 Å². The molecule has 0 aliphatic rings. The summed E-state index contributed by atoms with van der Waals surface area (Å²) in [7, 11) is 0. The standard InChI is InChI=1S/C12H16N6/c13-17-12(16-11-5-2-1-3-6-11)14-8-10-18-9-4-7-15-18/h1-7,9H,8,10,13H2,(H2,14,16,17). The normalized spacial score (nSPS) is 11.3. The fourth-order valence-electron chi connectivity index (χ4n) is 1.48. The van der Waals surface area contributed by atoms with Crippen LogP contribution in [0.25, 0.3) is 0 Å². The fraction of sp³-hybridized carbons (Fsp3) is 0.167. The number of nitrogens with one attached hydrogen (secondary N) is 2. The van der Waals surface area contributed by atoms with E-state index < -0.39 is 0 Å². The molecule has 4 N–H and O–H groups in total. The van der Waals surface area contributed by atoms with Crippen LogP contribution in [-0.2, 0) is 6.54 Å². The van der Waals surface area contributed by atoms with Gasteiger partial charge in [0.25, 0.3) is 0 Å². The van der Waals surface area contributed by atoms with Crippen molar-refractivity contribution >= 4 is 11.6 Å². The number of aromatic nitrogens is 2. The molecule has 2 rings (SSSR count). The van der Waals surface area contributed by atoms with Gasteiger partial charge in [-0.3, -0.25) is 10.1 Å². The smallest absolute Gasteiger partial charge is 0.210 e. The van der Waals surface area contributed by atoms with Crippen LogP contribution < -0.4 is 16.6 Å². The van der Waals surface area contributed by atoms with Crippen LogP contribution >= 0.6 is 0 Å². The molecule has 0 atom stereocenters. The number of guanidine groups is 1. The maximum atomic E-state index is 5.41. The number of nitrogens with two attached hydrogens (primary N) is 1. The highest BCUT2D eigenvalue weighted by Crippen LogP contribution is 2.04. The molecule has 0 saturated heterocycles. The number of nitrogens with zero attached hydrogens (tertiary/aromatic N) is 3. The SMILES string of the molecule is NNC(=NCCn1cccn1)Nc1ccccc1. The summed E-state index contributed by atoms with van der Waals surface area (Å²) in [6, 6.07) is 11.6. The maximum Gasteiger partial charge on any atom is 0.210 e. The summed E-state index contributed by atoms with van der Waals surface area (Å²) in [4.78, 5) is 4.32. The number of hydrazine groups is 1.